The molecule has 2 rings (SSSR count). The molecule has 0 aromatic rings. The second-order valence-electron chi connectivity index (χ2n) is 21.2. The Morgan fingerprint density at radius 1 is 0.452 bits per heavy atom. The van der Waals surface area contributed by atoms with Crippen molar-refractivity contribution >= 4 is 5.97 Å². The first-order chi connectivity index (χ1) is 35.6. The average molecular weight is 1040 g/mol. The lowest BCUT2D eigenvalue weighted by molar-refractivity contribution is -0.332. The molecule has 430 valence electrons. The van der Waals surface area contributed by atoms with E-state index >= 15 is 0 Å². The van der Waals surface area contributed by atoms with Crippen LogP contribution in [0, 0.1) is 0 Å². The minimum absolute atomic E-state index is 0.0619. The molecule has 2 aliphatic rings. The van der Waals surface area contributed by atoms with Gasteiger partial charge < -0.3 is 64.2 Å². The fourth-order valence-corrected chi connectivity index (χ4v) is 9.61. The van der Waals surface area contributed by atoms with Crippen LogP contribution >= 0.6 is 0 Å². The van der Waals surface area contributed by atoms with Gasteiger partial charge in [0.25, 0.3) is 0 Å². The van der Waals surface area contributed by atoms with Gasteiger partial charge in [0.15, 0.2) is 12.6 Å². The van der Waals surface area contributed by atoms with Gasteiger partial charge in [-0.2, -0.15) is 0 Å². The van der Waals surface area contributed by atoms with Gasteiger partial charge in [-0.1, -0.05) is 218 Å². The highest BCUT2D eigenvalue weighted by atomic mass is 16.7. The predicted octanol–water partition coefficient (Wildman–Crippen LogP) is 10.8. The number of hydrogen-bond acceptors (Lipinski definition) is 14. The fourth-order valence-electron chi connectivity index (χ4n) is 9.61. The largest absolute Gasteiger partial charge is 0.457 e. The van der Waals surface area contributed by atoms with Gasteiger partial charge in [-0.3, -0.25) is 4.79 Å². The summed E-state index contributed by atoms with van der Waals surface area (Å²) in [7, 11) is 0. The van der Waals surface area contributed by atoms with Crippen LogP contribution in [-0.2, 0) is 33.2 Å². The Bertz CT molecular complexity index is 1300. The summed E-state index contributed by atoms with van der Waals surface area (Å²) in [6.07, 6.45) is 36.6. The van der Waals surface area contributed by atoms with Crippen molar-refractivity contribution in [1.82, 2.24) is 0 Å². The topological polar surface area (TPSA) is 214 Å². The van der Waals surface area contributed by atoms with Crippen LogP contribution in [0.15, 0.2) is 24.3 Å². The monoisotopic (exact) mass is 1040 g/mol. The molecule has 11 atom stereocenters. The van der Waals surface area contributed by atoms with Crippen molar-refractivity contribution in [2.75, 3.05) is 33.0 Å². The third kappa shape index (κ3) is 33.4. The van der Waals surface area contributed by atoms with Crippen LogP contribution in [0.1, 0.15) is 245 Å². The van der Waals surface area contributed by atoms with Gasteiger partial charge in [0, 0.05) is 13.0 Å². The minimum atomic E-state index is -1.71. The molecule has 0 amide bonds. The van der Waals surface area contributed by atoms with Crippen LogP contribution in [0.5, 0.6) is 0 Å². The molecule has 11 unspecified atom stereocenters. The molecule has 0 aliphatic carbocycles. The first-order valence-corrected chi connectivity index (χ1v) is 29.9. The van der Waals surface area contributed by atoms with Crippen molar-refractivity contribution in [3.63, 3.8) is 0 Å². The van der Waals surface area contributed by atoms with Gasteiger partial charge in [-0.05, 0) is 44.9 Å². The molecule has 2 heterocycles. The molecule has 73 heavy (non-hydrogen) atoms. The fraction of sp³-hybridized carbons (Fsp3) is 0.915. The Balaban J connectivity index is 1.70. The van der Waals surface area contributed by atoms with E-state index in [1.54, 1.807) is 0 Å². The SMILES string of the molecule is CCCCC/C=C\C/C=C\CCCCCCCCCCOCC(COC1OC(COC2OC(CO)C(O)C(O)C2O)C(O)C(O)C1O)OC(=O)CCCCCCCCCCCCCCCCCCCCCCC. The van der Waals surface area contributed by atoms with E-state index in [0.29, 0.717) is 13.0 Å². The Hall–Kier alpha value is -1.53. The molecule has 14 heteroatoms. The molecule has 0 saturated carbocycles. The van der Waals surface area contributed by atoms with Gasteiger partial charge >= 0.3 is 5.97 Å². The van der Waals surface area contributed by atoms with Gasteiger partial charge in [0.1, 0.15) is 54.9 Å². The number of carbonyl (C=O) groups is 1. The van der Waals surface area contributed by atoms with Crippen molar-refractivity contribution < 1.29 is 69.0 Å². The summed E-state index contributed by atoms with van der Waals surface area (Å²) in [6, 6.07) is 0. The number of hydrogen-bond donors (Lipinski definition) is 7. The maximum Gasteiger partial charge on any atom is 0.306 e. The molecule has 0 aromatic heterocycles. The standard InChI is InChI=1S/C59H110O14/c1-3-5-7-9-11-13-15-17-19-21-23-24-25-26-28-30-32-34-36-38-40-42-51(61)71-48(45-68-43-41-39-37-35-33-31-29-27-22-20-18-16-14-12-10-8-6-4-2)46-69-58-57(67)55(65)53(63)50(73-58)47-70-59-56(66)54(64)52(62)49(44-60)72-59/h12,14,18,20,48-50,52-60,62-67H,3-11,13,15-17,19,21-47H2,1-2H3/b14-12-,20-18-. The molecule has 0 radical (unpaired) electrons. The van der Waals surface area contributed by atoms with Gasteiger partial charge in [-0.25, -0.2) is 0 Å². The molecule has 7 N–H and O–H groups in total. The van der Waals surface area contributed by atoms with Gasteiger partial charge in [0.05, 0.1) is 26.4 Å². The third-order valence-electron chi connectivity index (χ3n) is 14.5. The first kappa shape index (κ1) is 67.6. The molecule has 2 aliphatic heterocycles. The van der Waals surface area contributed by atoms with Crippen molar-refractivity contribution in [2.45, 2.75) is 313 Å². The highest BCUT2D eigenvalue weighted by molar-refractivity contribution is 5.69. The number of allylic oxidation sites excluding steroid dienone is 4. The second-order valence-corrected chi connectivity index (χ2v) is 21.2. The summed E-state index contributed by atoms with van der Waals surface area (Å²) in [4.78, 5) is 13.1. The summed E-state index contributed by atoms with van der Waals surface area (Å²) < 4.78 is 34.4. The number of ether oxygens (including phenoxy) is 6. The number of carbonyl (C=O) groups excluding carboxylic acids is 1. The first-order valence-electron chi connectivity index (χ1n) is 29.9. The summed E-state index contributed by atoms with van der Waals surface area (Å²) in [5.74, 6) is -0.372. The van der Waals surface area contributed by atoms with Crippen LogP contribution in [-0.4, -0.2) is 142 Å². The Kier molecular flexibility index (Phi) is 43.1. The average Bonchev–Trinajstić information content (AvgIpc) is 3.39. The van der Waals surface area contributed by atoms with Crippen LogP contribution < -0.4 is 0 Å². The van der Waals surface area contributed by atoms with E-state index in [4.69, 9.17) is 28.4 Å². The molecule has 0 bridgehead atoms. The molecule has 2 fully saturated rings. The summed E-state index contributed by atoms with van der Waals surface area (Å²) in [5.41, 5.74) is 0. The molecule has 0 spiro atoms. The highest BCUT2D eigenvalue weighted by Gasteiger charge is 2.47. The van der Waals surface area contributed by atoms with Gasteiger partial charge in [-0.15, -0.1) is 0 Å². The number of aliphatic hydroxyl groups excluding tert-OH is 7. The highest BCUT2D eigenvalue weighted by Crippen LogP contribution is 2.27. The maximum absolute atomic E-state index is 13.1. The van der Waals surface area contributed by atoms with E-state index in [0.717, 1.165) is 51.4 Å². The van der Waals surface area contributed by atoms with Crippen LogP contribution in [0.2, 0.25) is 0 Å². The van der Waals surface area contributed by atoms with E-state index < -0.39 is 80.7 Å². The lowest BCUT2D eigenvalue weighted by atomic mass is 9.98. The van der Waals surface area contributed by atoms with E-state index in [1.807, 2.05) is 0 Å². The molecule has 0 aromatic carbocycles. The summed E-state index contributed by atoms with van der Waals surface area (Å²) >= 11 is 0. The van der Waals surface area contributed by atoms with E-state index in [9.17, 15) is 40.5 Å². The quantitative estimate of drug-likeness (QED) is 0.0172. The van der Waals surface area contributed by atoms with Gasteiger partial charge in [0.2, 0.25) is 0 Å². The summed E-state index contributed by atoms with van der Waals surface area (Å²) in [5, 5.41) is 72.4. The third-order valence-corrected chi connectivity index (χ3v) is 14.5. The molecular formula is C59H110O14. The molecular weight excluding hydrogens is 933 g/mol. The Labute approximate surface area is 443 Å². The molecule has 14 nitrogen and oxygen atoms in total. The number of aliphatic hydroxyl groups is 7. The lowest BCUT2D eigenvalue weighted by Crippen LogP contribution is -2.61. The normalized spacial score (nSPS) is 25.1. The lowest BCUT2D eigenvalue weighted by Gasteiger charge is -2.42. The predicted molar refractivity (Wildman–Crippen MR) is 289 cm³/mol. The Morgan fingerprint density at radius 3 is 1.34 bits per heavy atom. The van der Waals surface area contributed by atoms with Crippen LogP contribution in [0.25, 0.3) is 0 Å². The Morgan fingerprint density at radius 2 is 0.849 bits per heavy atom. The number of unbranched alkanes of at least 4 members (excludes halogenated alkanes) is 31. The van der Waals surface area contributed by atoms with Crippen LogP contribution in [0.4, 0.5) is 0 Å². The zero-order valence-corrected chi connectivity index (χ0v) is 46.1. The van der Waals surface area contributed by atoms with Crippen molar-refractivity contribution in [1.29, 1.82) is 0 Å². The maximum atomic E-state index is 13.1. The van der Waals surface area contributed by atoms with Crippen molar-refractivity contribution in [3.05, 3.63) is 24.3 Å². The van der Waals surface area contributed by atoms with E-state index in [-0.39, 0.29) is 25.6 Å². The van der Waals surface area contributed by atoms with Crippen LogP contribution in [0.3, 0.4) is 0 Å². The van der Waals surface area contributed by atoms with Crippen molar-refractivity contribution in [2.24, 2.45) is 0 Å². The van der Waals surface area contributed by atoms with Crippen molar-refractivity contribution in [3.8, 4) is 0 Å². The van der Waals surface area contributed by atoms with E-state index in [1.165, 1.54) is 167 Å². The summed E-state index contributed by atoms with van der Waals surface area (Å²) in [6.45, 7) is 3.70. The number of rotatable bonds is 49. The number of esters is 1. The second kappa shape index (κ2) is 46.6. The zero-order chi connectivity index (χ0) is 53.0. The zero-order valence-electron chi connectivity index (χ0n) is 46.1. The minimum Gasteiger partial charge on any atom is -0.457 e. The smallest absolute Gasteiger partial charge is 0.306 e. The van der Waals surface area contributed by atoms with E-state index in [2.05, 4.69) is 38.2 Å². The molecule has 2 saturated heterocycles.